The second-order valence-electron chi connectivity index (χ2n) is 8.81. The first-order chi connectivity index (χ1) is 15.9. The number of nitrogens with zero attached hydrogens (tertiary/aromatic N) is 3. The molecular weight excluding hydrogens is 414 g/mol. The van der Waals surface area contributed by atoms with E-state index in [-0.39, 0.29) is 6.10 Å². The molecule has 33 heavy (non-hydrogen) atoms. The predicted octanol–water partition coefficient (Wildman–Crippen LogP) is 5.19. The van der Waals surface area contributed by atoms with E-state index in [1.807, 2.05) is 62.0 Å². The minimum Gasteiger partial charge on any atom is -0.439 e. The molecule has 6 nitrogen and oxygen atoms in total. The second-order valence-corrected chi connectivity index (χ2v) is 8.81. The molecule has 0 bridgehead atoms. The van der Waals surface area contributed by atoms with Gasteiger partial charge in [-0.2, -0.15) is 5.10 Å². The monoisotopic (exact) mass is 451 g/mol. The van der Waals surface area contributed by atoms with Crippen molar-refractivity contribution in [3.05, 3.63) is 65.7 Å². The van der Waals surface area contributed by atoms with Crippen LogP contribution in [0.25, 0.3) is 11.3 Å². The van der Waals surface area contributed by atoms with E-state index >= 15 is 0 Å². The summed E-state index contributed by atoms with van der Waals surface area (Å²) in [6, 6.07) is 18.2. The number of aliphatic hydroxyl groups is 1. The summed E-state index contributed by atoms with van der Waals surface area (Å²) in [6.07, 6.45) is 0.515. The molecule has 1 heterocycles. The lowest BCUT2D eigenvalue weighted by Crippen LogP contribution is -2.35. The third kappa shape index (κ3) is 7.16. The third-order valence-electron chi connectivity index (χ3n) is 5.35. The van der Waals surface area contributed by atoms with Gasteiger partial charge in [0.1, 0.15) is 11.4 Å². The summed E-state index contributed by atoms with van der Waals surface area (Å²) < 4.78 is 13.8. The number of aliphatic hydroxyl groups excluding tert-OH is 1. The van der Waals surface area contributed by atoms with Crippen LogP contribution in [0.2, 0.25) is 0 Å². The van der Waals surface area contributed by atoms with Crippen molar-refractivity contribution in [1.29, 1.82) is 0 Å². The third-order valence-corrected chi connectivity index (χ3v) is 5.35. The maximum atomic E-state index is 10.6. The predicted molar refractivity (Wildman–Crippen MR) is 133 cm³/mol. The molecule has 0 aliphatic heterocycles. The SMILES string of the molecule is CCCN(Cc1c(-c2ccccc2)nn(C)c1Oc1cccc(C)c1)C[C@H](O)COC(C)C. The average molecular weight is 452 g/mol. The fraction of sp³-hybridized carbons (Fsp3) is 0.444. The van der Waals surface area contributed by atoms with E-state index in [9.17, 15) is 5.11 Å². The smallest absolute Gasteiger partial charge is 0.222 e. The zero-order chi connectivity index (χ0) is 23.8. The Balaban J connectivity index is 1.93. The van der Waals surface area contributed by atoms with Gasteiger partial charge in [-0.25, -0.2) is 4.68 Å². The summed E-state index contributed by atoms with van der Waals surface area (Å²) >= 11 is 0. The van der Waals surface area contributed by atoms with Crippen LogP contribution in [0.4, 0.5) is 0 Å². The van der Waals surface area contributed by atoms with E-state index in [1.54, 1.807) is 0 Å². The van der Waals surface area contributed by atoms with Crippen molar-refractivity contribution in [2.24, 2.45) is 7.05 Å². The van der Waals surface area contributed by atoms with Gasteiger partial charge in [0.05, 0.1) is 24.4 Å². The van der Waals surface area contributed by atoms with E-state index < -0.39 is 6.10 Å². The van der Waals surface area contributed by atoms with E-state index in [1.165, 1.54) is 0 Å². The van der Waals surface area contributed by atoms with Gasteiger partial charge in [-0.3, -0.25) is 4.90 Å². The molecule has 178 valence electrons. The fourth-order valence-corrected chi connectivity index (χ4v) is 3.87. The maximum absolute atomic E-state index is 10.6. The summed E-state index contributed by atoms with van der Waals surface area (Å²) in [5.74, 6) is 1.50. The molecule has 6 heteroatoms. The number of ether oxygens (including phenoxy) is 2. The first-order valence-electron chi connectivity index (χ1n) is 11.7. The average Bonchev–Trinajstić information content (AvgIpc) is 3.08. The Morgan fingerprint density at radius 1 is 1.09 bits per heavy atom. The van der Waals surface area contributed by atoms with Gasteiger partial charge in [0, 0.05) is 25.7 Å². The van der Waals surface area contributed by atoms with Crippen molar-refractivity contribution < 1.29 is 14.6 Å². The van der Waals surface area contributed by atoms with E-state index in [2.05, 4.69) is 36.9 Å². The molecular formula is C27H37N3O3. The number of hydrogen-bond donors (Lipinski definition) is 1. The van der Waals surface area contributed by atoms with Crippen LogP contribution in [0.3, 0.4) is 0 Å². The molecule has 2 aromatic carbocycles. The second kappa shape index (κ2) is 12.0. The van der Waals surface area contributed by atoms with Crippen LogP contribution in [-0.2, 0) is 18.3 Å². The van der Waals surface area contributed by atoms with Crippen molar-refractivity contribution in [2.45, 2.75) is 52.9 Å². The first-order valence-corrected chi connectivity index (χ1v) is 11.7. The number of benzene rings is 2. The summed E-state index contributed by atoms with van der Waals surface area (Å²) in [5, 5.41) is 15.4. The van der Waals surface area contributed by atoms with Crippen LogP contribution < -0.4 is 4.74 Å². The molecule has 0 spiro atoms. The van der Waals surface area contributed by atoms with Gasteiger partial charge >= 0.3 is 0 Å². The molecule has 1 N–H and O–H groups in total. The maximum Gasteiger partial charge on any atom is 0.222 e. The van der Waals surface area contributed by atoms with Gasteiger partial charge in [0.2, 0.25) is 5.88 Å². The Bertz CT molecular complexity index is 1000. The molecule has 0 aliphatic carbocycles. The first kappa shape index (κ1) is 25.0. The highest BCUT2D eigenvalue weighted by atomic mass is 16.5. The number of aryl methyl sites for hydroxylation is 2. The van der Waals surface area contributed by atoms with Crippen molar-refractivity contribution in [2.75, 3.05) is 19.7 Å². The molecule has 0 radical (unpaired) electrons. The fourth-order valence-electron chi connectivity index (χ4n) is 3.87. The number of aromatic nitrogens is 2. The topological polar surface area (TPSA) is 59.8 Å². The Kier molecular flexibility index (Phi) is 9.06. The summed E-state index contributed by atoms with van der Waals surface area (Å²) in [4.78, 5) is 2.25. The van der Waals surface area contributed by atoms with Gasteiger partial charge in [-0.05, 0) is 51.4 Å². The molecule has 0 amide bonds. The minimum atomic E-state index is -0.558. The Hall–Kier alpha value is -2.67. The van der Waals surface area contributed by atoms with Gasteiger partial charge in [0.25, 0.3) is 0 Å². The van der Waals surface area contributed by atoms with E-state index in [0.29, 0.717) is 25.6 Å². The standard InChI is InChI=1S/C27H37N3O3/c1-6-15-30(17-23(31)19-32-20(2)3)18-25-26(22-12-8-7-9-13-22)28-29(5)27(25)33-24-14-10-11-21(4)16-24/h7-14,16,20,23,31H,6,15,17-19H2,1-5H3/t23-/m0/s1. The van der Waals surface area contributed by atoms with Crippen LogP contribution in [0.1, 0.15) is 38.3 Å². The van der Waals surface area contributed by atoms with Crippen molar-refractivity contribution >= 4 is 0 Å². The lowest BCUT2D eigenvalue weighted by molar-refractivity contribution is -0.00953. The molecule has 0 saturated carbocycles. The summed E-state index contributed by atoms with van der Waals surface area (Å²) in [7, 11) is 1.91. The normalized spacial score (nSPS) is 12.5. The zero-order valence-electron chi connectivity index (χ0n) is 20.5. The lowest BCUT2D eigenvalue weighted by Gasteiger charge is -2.25. The molecule has 0 saturated heterocycles. The molecule has 1 aromatic heterocycles. The van der Waals surface area contributed by atoms with Crippen molar-refractivity contribution in [1.82, 2.24) is 14.7 Å². The van der Waals surface area contributed by atoms with Crippen LogP contribution >= 0.6 is 0 Å². The minimum absolute atomic E-state index is 0.0941. The molecule has 3 aromatic rings. The molecule has 0 aliphatic rings. The van der Waals surface area contributed by atoms with Crippen LogP contribution in [0.15, 0.2) is 54.6 Å². The Labute approximate surface area is 197 Å². The van der Waals surface area contributed by atoms with Crippen molar-refractivity contribution in [3.63, 3.8) is 0 Å². The Morgan fingerprint density at radius 2 is 1.85 bits per heavy atom. The lowest BCUT2D eigenvalue weighted by atomic mass is 10.1. The van der Waals surface area contributed by atoms with Crippen LogP contribution in [0.5, 0.6) is 11.6 Å². The highest BCUT2D eigenvalue weighted by Crippen LogP contribution is 2.34. The van der Waals surface area contributed by atoms with Crippen LogP contribution in [0, 0.1) is 6.92 Å². The number of rotatable bonds is 12. The van der Waals surface area contributed by atoms with E-state index in [0.717, 1.165) is 41.1 Å². The van der Waals surface area contributed by atoms with Gasteiger partial charge < -0.3 is 14.6 Å². The largest absolute Gasteiger partial charge is 0.439 e. The van der Waals surface area contributed by atoms with Crippen molar-refractivity contribution in [3.8, 4) is 22.9 Å². The van der Waals surface area contributed by atoms with Gasteiger partial charge in [-0.15, -0.1) is 0 Å². The van der Waals surface area contributed by atoms with Gasteiger partial charge in [-0.1, -0.05) is 49.4 Å². The summed E-state index contributed by atoms with van der Waals surface area (Å²) in [6.45, 7) is 10.5. The highest BCUT2D eigenvalue weighted by Gasteiger charge is 2.23. The number of hydrogen-bond acceptors (Lipinski definition) is 5. The van der Waals surface area contributed by atoms with Gasteiger partial charge in [0.15, 0.2) is 0 Å². The molecule has 1 atom stereocenters. The quantitative estimate of drug-likeness (QED) is 0.411. The van der Waals surface area contributed by atoms with Crippen LogP contribution in [-0.4, -0.2) is 51.7 Å². The zero-order valence-corrected chi connectivity index (χ0v) is 20.5. The highest BCUT2D eigenvalue weighted by molar-refractivity contribution is 5.65. The summed E-state index contributed by atoms with van der Waals surface area (Å²) in [5.41, 5.74) is 4.09. The molecule has 0 fully saturated rings. The molecule has 3 rings (SSSR count). The Morgan fingerprint density at radius 3 is 2.52 bits per heavy atom. The molecule has 0 unspecified atom stereocenters. The van der Waals surface area contributed by atoms with E-state index in [4.69, 9.17) is 14.6 Å².